The molecule has 1 aliphatic heterocycles. The van der Waals surface area contributed by atoms with Crippen LogP contribution in [0.15, 0.2) is 12.1 Å². The number of ether oxygens (including phenoxy) is 3. The van der Waals surface area contributed by atoms with Crippen LogP contribution in [0, 0.1) is 12.8 Å². The lowest BCUT2D eigenvalue weighted by Gasteiger charge is -2.53. The molecule has 25 heavy (non-hydrogen) atoms. The summed E-state index contributed by atoms with van der Waals surface area (Å²) in [4.78, 5) is 2.42. The third-order valence-corrected chi connectivity index (χ3v) is 6.86. The van der Waals surface area contributed by atoms with Gasteiger partial charge in [0.2, 0.25) is 0 Å². The van der Waals surface area contributed by atoms with Gasteiger partial charge in [0.1, 0.15) is 11.9 Å². The standard InChI is InChI=1S/C21H31NO3/c1-13-6-7-14-12-16(22(3)4)15-8-9-17(24-11-10-23-5)20-21(15,2)18(14)19(13)25-20/h6-7,15-17,20H,8-12H2,1-5H3/t15?,16-,17+,20+,21+/m1/s1. The second-order valence-corrected chi connectivity index (χ2v) is 8.39. The fourth-order valence-electron chi connectivity index (χ4n) is 5.64. The zero-order chi connectivity index (χ0) is 17.8. The average molecular weight is 345 g/mol. The molecular weight excluding hydrogens is 314 g/mol. The summed E-state index contributed by atoms with van der Waals surface area (Å²) >= 11 is 0. The number of rotatable bonds is 5. The molecule has 0 bridgehead atoms. The summed E-state index contributed by atoms with van der Waals surface area (Å²) in [7, 11) is 6.17. The number of aryl methyl sites for hydroxylation is 1. The molecule has 4 rings (SSSR count). The number of methoxy groups -OCH3 is 1. The summed E-state index contributed by atoms with van der Waals surface area (Å²) in [6, 6.07) is 5.12. The molecule has 5 atom stereocenters. The van der Waals surface area contributed by atoms with Gasteiger partial charge in [-0.1, -0.05) is 19.1 Å². The largest absolute Gasteiger partial charge is 0.486 e. The Hall–Kier alpha value is -1.10. The van der Waals surface area contributed by atoms with Gasteiger partial charge in [0.05, 0.1) is 19.3 Å². The Morgan fingerprint density at radius 1 is 1.24 bits per heavy atom. The molecule has 1 saturated carbocycles. The molecule has 4 nitrogen and oxygen atoms in total. The van der Waals surface area contributed by atoms with E-state index in [9.17, 15) is 0 Å². The maximum atomic E-state index is 6.62. The lowest BCUT2D eigenvalue weighted by atomic mass is 9.55. The third-order valence-electron chi connectivity index (χ3n) is 6.86. The molecule has 0 amide bonds. The van der Waals surface area contributed by atoms with Crippen LogP contribution in [0.4, 0.5) is 0 Å². The first-order valence-electron chi connectivity index (χ1n) is 9.55. The minimum absolute atomic E-state index is 0.0415. The van der Waals surface area contributed by atoms with E-state index in [0.29, 0.717) is 25.2 Å². The Morgan fingerprint density at radius 2 is 2.04 bits per heavy atom. The summed E-state index contributed by atoms with van der Waals surface area (Å²) in [5, 5.41) is 0. The molecule has 0 saturated heterocycles. The SMILES string of the molecule is COCCO[C@H]1CCC2[C@H](N(C)C)Cc3ccc(C)c4c3[C@@]2(C)[C@H]1O4. The summed E-state index contributed by atoms with van der Waals surface area (Å²) in [6.45, 7) is 5.88. The van der Waals surface area contributed by atoms with Crippen molar-refractivity contribution in [3.8, 4) is 5.75 Å². The minimum Gasteiger partial charge on any atom is -0.486 e. The highest BCUT2D eigenvalue weighted by atomic mass is 16.6. The fraction of sp³-hybridized carbons (Fsp3) is 0.714. The fourth-order valence-corrected chi connectivity index (χ4v) is 5.64. The quantitative estimate of drug-likeness (QED) is 0.768. The number of nitrogens with zero attached hydrogens (tertiary/aromatic N) is 1. The molecule has 1 fully saturated rings. The Labute approximate surface area is 151 Å². The first kappa shape index (κ1) is 17.3. The van der Waals surface area contributed by atoms with Gasteiger partial charge in [0.15, 0.2) is 0 Å². The van der Waals surface area contributed by atoms with Crippen molar-refractivity contribution in [3.05, 3.63) is 28.8 Å². The van der Waals surface area contributed by atoms with Gasteiger partial charge in [0.25, 0.3) is 0 Å². The van der Waals surface area contributed by atoms with E-state index < -0.39 is 0 Å². The molecule has 0 spiro atoms. The number of likely N-dealkylation sites (N-methyl/N-ethyl adjacent to an activating group) is 1. The Kier molecular flexibility index (Phi) is 4.33. The second-order valence-electron chi connectivity index (χ2n) is 8.39. The van der Waals surface area contributed by atoms with Crippen LogP contribution in [0.2, 0.25) is 0 Å². The predicted octanol–water partition coefficient (Wildman–Crippen LogP) is 2.94. The van der Waals surface area contributed by atoms with Crippen molar-refractivity contribution in [2.75, 3.05) is 34.4 Å². The van der Waals surface area contributed by atoms with Crippen molar-refractivity contribution in [2.45, 2.75) is 56.8 Å². The number of hydrogen-bond acceptors (Lipinski definition) is 4. The van der Waals surface area contributed by atoms with Gasteiger partial charge in [-0.25, -0.2) is 0 Å². The molecule has 3 aliphatic rings. The van der Waals surface area contributed by atoms with Gasteiger partial charge in [-0.05, 0) is 57.3 Å². The van der Waals surface area contributed by atoms with Crippen molar-refractivity contribution in [1.82, 2.24) is 4.90 Å². The van der Waals surface area contributed by atoms with E-state index in [1.54, 1.807) is 7.11 Å². The molecule has 0 radical (unpaired) electrons. The molecule has 1 unspecified atom stereocenters. The molecule has 1 heterocycles. The molecule has 1 aromatic rings. The van der Waals surface area contributed by atoms with Crippen LogP contribution in [-0.2, 0) is 21.3 Å². The number of hydrogen-bond donors (Lipinski definition) is 0. The van der Waals surface area contributed by atoms with E-state index in [-0.39, 0.29) is 17.6 Å². The Bertz CT molecular complexity index is 659. The van der Waals surface area contributed by atoms with E-state index in [0.717, 1.165) is 18.6 Å². The molecule has 0 N–H and O–H groups in total. The minimum atomic E-state index is 0.0415. The molecular formula is C21H31NO3. The predicted molar refractivity (Wildman–Crippen MR) is 98.5 cm³/mol. The highest BCUT2D eigenvalue weighted by Crippen LogP contribution is 2.59. The van der Waals surface area contributed by atoms with Gasteiger partial charge < -0.3 is 19.1 Å². The Balaban J connectivity index is 1.76. The average Bonchev–Trinajstić information content (AvgIpc) is 2.90. The zero-order valence-corrected chi connectivity index (χ0v) is 16.2. The third kappa shape index (κ3) is 2.45. The smallest absolute Gasteiger partial charge is 0.135 e. The lowest BCUT2D eigenvalue weighted by molar-refractivity contribution is -0.104. The Morgan fingerprint density at radius 3 is 2.76 bits per heavy atom. The van der Waals surface area contributed by atoms with Crippen molar-refractivity contribution in [1.29, 1.82) is 0 Å². The normalized spacial score (nSPS) is 35.6. The van der Waals surface area contributed by atoms with Crippen molar-refractivity contribution in [3.63, 3.8) is 0 Å². The maximum absolute atomic E-state index is 6.62. The monoisotopic (exact) mass is 345 g/mol. The zero-order valence-electron chi connectivity index (χ0n) is 16.2. The van der Waals surface area contributed by atoms with Crippen LogP contribution in [0.1, 0.15) is 36.5 Å². The first-order valence-corrected chi connectivity index (χ1v) is 9.55. The number of benzene rings is 1. The van der Waals surface area contributed by atoms with E-state index >= 15 is 0 Å². The van der Waals surface area contributed by atoms with E-state index in [1.165, 1.54) is 23.1 Å². The van der Waals surface area contributed by atoms with Gasteiger partial charge in [-0.3, -0.25) is 0 Å². The van der Waals surface area contributed by atoms with E-state index in [2.05, 4.69) is 45.0 Å². The van der Waals surface area contributed by atoms with Gasteiger partial charge >= 0.3 is 0 Å². The van der Waals surface area contributed by atoms with Crippen LogP contribution in [0.3, 0.4) is 0 Å². The highest BCUT2D eigenvalue weighted by Gasteiger charge is 2.61. The summed E-state index contributed by atoms with van der Waals surface area (Å²) in [5.41, 5.74) is 4.24. The van der Waals surface area contributed by atoms with Crippen molar-refractivity contribution < 1.29 is 14.2 Å². The summed E-state index contributed by atoms with van der Waals surface area (Å²) < 4.78 is 18.0. The van der Waals surface area contributed by atoms with Crippen LogP contribution in [-0.4, -0.2) is 57.6 Å². The van der Waals surface area contributed by atoms with Crippen molar-refractivity contribution in [2.24, 2.45) is 5.92 Å². The highest BCUT2D eigenvalue weighted by molar-refractivity contribution is 5.57. The second kappa shape index (κ2) is 6.26. The van der Waals surface area contributed by atoms with Crippen LogP contribution < -0.4 is 4.74 Å². The summed E-state index contributed by atoms with van der Waals surface area (Å²) in [5.74, 6) is 1.75. The van der Waals surface area contributed by atoms with E-state index in [1.807, 2.05) is 0 Å². The molecule has 1 aromatic carbocycles. The van der Waals surface area contributed by atoms with Crippen LogP contribution in [0.5, 0.6) is 5.75 Å². The van der Waals surface area contributed by atoms with Gasteiger partial charge in [-0.15, -0.1) is 0 Å². The van der Waals surface area contributed by atoms with Gasteiger partial charge in [-0.2, -0.15) is 0 Å². The summed E-state index contributed by atoms with van der Waals surface area (Å²) in [6.07, 6.45) is 3.66. The molecule has 138 valence electrons. The molecule has 2 aliphatic carbocycles. The van der Waals surface area contributed by atoms with Gasteiger partial charge in [0, 0.05) is 24.1 Å². The van der Waals surface area contributed by atoms with Crippen LogP contribution >= 0.6 is 0 Å². The van der Waals surface area contributed by atoms with E-state index in [4.69, 9.17) is 14.2 Å². The topological polar surface area (TPSA) is 30.9 Å². The molecule has 4 heteroatoms. The van der Waals surface area contributed by atoms with Crippen molar-refractivity contribution >= 4 is 0 Å². The first-order chi connectivity index (χ1) is 12.0. The maximum Gasteiger partial charge on any atom is 0.135 e. The molecule has 0 aromatic heterocycles. The lowest BCUT2D eigenvalue weighted by Crippen LogP contribution is -2.61. The van der Waals surface area contributed by atoms with Crippen LogP contribution in [0.25, 0.3) is 0 Å².